The van der Waals surface area contributed by atoms with Crippen LogP contribution in [-0.4, -0.2) is 27.5 Å². The van der Waals surface area contributed by atoms with Crippen LogP contribution in [0.2, 0.25) is 0 Å². The molecule has 136 valence electrons. The van der Waals surface area contributed by atoms with Gasteiger partial charge in [-0.05, 0) is 43.5 Å². The highest BCUT2D eigenvalue weighted by atomic mass is 32.2. The number of halogens is 1. The Bertz CT molecular complexity index is 869. The third-order valence-electron chi connectivity index (χ3n) is 4.40. The molecule has 4 rings (SSSR count). The molecule has 3 aromatic rings. The van der Waals surface area contributed by atoms with Crippen LogP contribution in [0.25, 0.3) is 11.4 Å². The maximum Gasteiger partial charge on any atom is 0.191 e. The zero-order valence-corrected chi connectivity index (χ0v) is 16.2. The quantitative estimate of drug-likeness (QED) is 0.561. The Morgan fingerprint density at radius 1 is 1.31 bits per heavy atom. The first-order valence-corrected chi connectivity index (χ1v) is 10.5. The number of aromatic nitrogens is 3. The van der Waals surface area contributed by atoms with Crippen LogP contribution in [0.5, 0.6) is 0 Å². The molecule has 1 saturated heterocycles. The fourth-order valence-corrected chi connectivity index (χ4v) is 4.64. The van der Waals surface area contributed by atoms with Crippen molar-refractivity contribution in [3.05, 3.63) is 52.0 Å². The lowest BCUT2D eigenvalue weighted by atomic mass is 10.2. The fourth-order valence-electron chi connectivity index (χ4n) is 3.05. The second kappa shape index (κ2) is 7.90. The van der Waals surface area contributed by atoms with Gasteiger partial charge >= 0.3 is 0 Å². The summed E-state index contributed by atoms with van der Waals surface area (Å²) in [4.78, 5) is 1.26. The third-order valence-corrected chi connectivity index (χ3v) is 6.30. The molecule has 3 heterocycles. The molecule has 1 unspecified atom stereocenters. The Morgan fingerprint density at radius 2 is 2.15 bits per heavy atom. The zero-order chi connectivity index (χ0) is 17.9. The summed E-state index contributed by atoms with van der Waals surface area (Å²) < 4.78 is 21.1. The van der Waals surface area contributed by atoms with Crippen molar-refractivity contribution in [3.8, 4) is 11.4 Å². The number of thioether (sulfide) groups is 1. The van der Waals surface area contributed by atoms with Crippen LogP contribution in [0.15, 0.2) is 40.9 Å². The van der Waals surface area contributed by atoms with Crippen LogP contribution in [0.1, 0.15) is 23.3 Å². The summed E-state index contributed by atoms with van der Waals surface area (Å²) in [5, 5.41) is 11.9. The zero-order valence-electron chi connectivity index (χ0n) is 14.5. The predicted octanol–water partition coefficient (Wildman–Crippen LogP) is 4.93. The largest absolute Gasteiger partial charge is 0.376 e. The number of thiophene rings is 1. The molecule has 0 amide bonds. The molecule has 1 aliphatic rings. The molecule has 0 bridgehead atoms. The molecule has 1 atom stereocenters. The van der Waals surface area contributed by atoms with Crippen LogP contribution in [0.4, 0.5) is 4.39 Å². The molecule has 7 heteroatoms. The Labute approximate surface area is 160 Å². The molecule has 0 saturated carbocycles. The van der Waals surface area contributed by atoms with E-state index in [9.17, 15) is 4.39 Å². The number of hydrogen-bond acceptors (Lipinski definition) is 5. The van der Waals surface area contributed by atoms with Gasteiger partial charge in [0.05, 0.1) is 12.6 Å². The third kappa shape index (κ3) is 4.00. The number of ether oxygens (including phenoxy) is 1. The average molecular weight is 390 g/mol. The maximum atomic E-state index is 13.1. The summed E-state index contributed by atoms with van der Waals surface area (Å²) in [6.07, 6.45) is 2.40. The van der Waals surface area contributed by atoms with Crippen LogP contribution >= 0.6 is 23.1 Å². The van der Waals surface area contributed by atoms with Gasteiger partial charge in [0.25, 0.3) is 0 Å². The molecule has 4 nitrogen and oxygen atoms in total. The van der Waals surface area contributed by atoms with Gasteiger partial charge in [0.2, 0.25) is 0 Å². The van der Waals surface area contributed by atoms with E-state index in [-0.39, 0.29) is 11.9 Å². The van der Waals surface area contributed by atoms with Gasteiger partial charge in [-0.1, -0.05) is 23.9 Å². The molecule has 0 N–H and O–H groups in total. The van der Waals surface area contributed by atoms with E-state index in [2.05, 4.69) is 33.1 Å². The van der Waals surface area contributed by atoms with Crippen molar-refractivity contribution >= 4 is 23.1 Å². The van der Waals surface area contributed by atoms with Crippen LogP contribution in [-0.2, 0) is 17.0 Å². The molecule has 1 aliphatic heterocycles. The van der Waals surface area contributed by atoms with Crippen molar-refractivity contribution in [2.24, 2.45) is 0 Å². The van der Waals surface area contributed by atoms with Crippen LogP contribution in [0, 0.1) is 12.7 Å². The lowest BCUT2D eigenvalue weighted by molar-refractivity contribution is 0.0953. The number of hydrogen-bond donors (Lipinski definition) is 0. The predicted molar refractivity (Wildman–Crippen MR) is 103 cm³/mol. The van der Waals surface area contributed by atoms with Gasteiger partial charge in [-0.2, -0.15) is 0 Å². The van der Waals surface area contributed by atoms with Gasteiger partial charge in [-0.15, -0.1) is 21.5 Å². The average Bonchev–Trinajstić information content (AvgIpc) is 3.37. The number of nitrogens with zero attached hydrogens (tertiary/aromatic N) is 3. The van der Waals surface area contributed by atoms with E-state index in [1.165, 1.54) is 17.0 Å². The lowest BCUT2D eigenvalue weighted by Gasteiger charge is -2.14. The van der Waals surface area contributed by atoms with Crippen molar-refractivity contribution in [2.75, 3.05) is 6.61 Å². The SMILES string of the molecule is Cc1cc(-c2nnc(SCc3ccc(F)cc3)n2CC2CCCO2)cs1. The lowest BCUT2D eigenvalue weighted by Crippen LogP contribution is -2.16. The van der Waals surface area contributed by atoms with Crippen molar-refractivity contribution in [1.29, 1.82) is 0 Å². The summed E-state index contributed by atoms with van der Waals surface area (Å²) in [7, 11) is 0. The number of aryl methyl sites for hydroxylation is 1. The van der Waals surface area contributed by atoms with Gasteiger partial charge in [0.1, 0.15) is 5.82 Å². The second-order valence-electron chi connectivity index (χ2n) is 6.41. The molecule has 0 spiro atoms. The first kappa shape index (κ1) is 17.7. The van der Waals surface area contributed by atoms with Crippen molar-refractivity contribution in [2.45, 2.75) is 43.3 Å². The van der Waals surface area contributed by atoms with E-state index in [1.54, 1.807) is 23.1 Å². The maximum absolute atomic E-state index is 13.1. The highest BCUT2D eigenvalue weighted by molar-refractivity contribution is 7.98. The van der Waals surface area contributed by atoms with Gasteiger partial charge in [0, 0.05) is 28.2 Å². The van der Waals surface area contributed by atoms with Crippen molar-refractivity contribution in [3.63, 3.8) is 0 Å². The van der Waals surface area contributed by atoms with Gasteiger partial charge < -0.3 is 4.74 Å². The molecule has 1 aromatic carbocycles. The van der Waals surface area contributed by atoms with Gasteiger partial charge in [0.15, 0.2) is 11.0 Å². The Hall–Kier alpha value is -1.70. The molecule has 2 aromatic heterocycles. The minimum atomic E-state index is -0.213. The van der Waals surface area contributed by atoms with Crippen molar-refractivity contribution in [1.82, 2.24) is 14.8 Å². The van der Waals surface area contributed by atoms with Gasteiger partial charge in [-0.3, -0.25) is 4.57 Å². The van der Waals surface area contributed by atoms with E-state index < -0.39 is 0 Å². The van der Waals surface area contributed by atoms with E-state index >= 15 is 0 Å². The second-order valence-corrected chi connectivity index (χ2v) is 8.47. The fraction of sp³-hybridized carbons (Fsp3) is 0.368. The highest BCUT2D eigenvalue weighted by Gasteiger charge is 2.22. The highest BCUT2D eigenvalue weighted by Crippen LogP contribution is 2.30. The molecule has 1 fully saturated rings. The van der Waals surface area contributed by atoms with Gasteiger partial charge in [-0.25, -0.2) is 4.39 Å². The summed E-state index contributed by atoms with van der Waals surface area (Å²) in [6, 6.07) is 8.76. The first-order valence-electron chi connectivity index (χ1n) is 8.66. The molecule has 26 heavy (non-hydrogen) atoms. The number of benzene rings is 1. The topological polar surface area (TPSA) is 39.9 Å². The van der Waals surface area contributed by atoms with Crippen LogP contribution < -0.4 is 0 Å². The summed E-state index contributed by atoms with van der Waals surface area (Å²) in [5.74, 6) is 1.41. The Kier molecular flexibility index (Phi) is 5.38. The van der Waals surface area contributed by atoms with Crippen LogP contribution in [0.3, 0.4) is 0 Å². The van der Waals surface area contributed by atoms with E-state index in [4.69, 9.17) is 4.74 Å². The minimum Gasteiger partial charge on any atom is -0.376 e. The van der Waals surface area contributed by atoms with E-state index in [0.717, 1.165) is 53.9 Å². The summed E-state index contributed by atoms with van der Waals surface area (Å²) >= 11 is 3.34. The molecule has 0 aliphatic carbocycles. The molecular formula is C19H20FN3OS2. The Morgan fingerprint density at radius 3 is 2.85 bits per heavy atom. The monoisotopic (exact) mass is 389 g/mol. The summed E-state index contributed by atoms with van der Waals surface area (Å²) in [6.45, 7) is 3.69. The van der Waals surface area contributed by atoms with E-state index in [0.29, 0.717) is 0 Å². The molecular weight excluding hydrogens is 369 g/mol. The number of rotatable bonds is 6. The minimum absolute atomic E-state index is 0.213. The smallest absolute Gasteiger partial charge is 0.191 e. The normalized spacial score (nSPS) is 17.1. The van der Waals surface area contributed by atoms with E-state index in [1.807, 2.05) is 12.1 Å². The Balaban J connectivity index is 1.58. The summed E-state index contributed by atoms with van der Waals surface area (Å²) in [5.41, 5.74) is 2.17. The van der Waals surface area contributed by atoms with Crippen molar-refractivity contribution < 1.29 is 9.13 Å². The first-order chi connectivity index (χ1) is 12.7. The molecule has 0 radical (unpaired) electrons. The standard InChI is InChI=1S/C19H20FN3OS2/c1-13-9-15(12-25-13)18-21-22-19(23(18)10-17-3-2-8-24-17)26-11-14-4-6-16(20)7-5-14/h4-7,9,12,17H,2-3,8,10-11H2,1H3.